The van der Waals surface area contributed by atoms with Crippen LogP contribution in [0.4, 0.5) is 11.4 Å². The number of amides is 4. The number of aromatic hydroxyl groups is 1. The fraction of sp³-hybridized carbons (Fsp3) is 0.433. The Labute approximate surface area is 493 Å². The van der Waals surface area contributed by atoms with Gasteiger partial charge in [0.15, 0.2) is 24.4 Å². The maximum Gasteiger partial charge on any atom is 0.352 e. The van der Waals surface area contributed by atoms with Crippen molar-refractivity contribution in [2.45, 2.75) is 121 Å². The first kappa shape index (κ1) is 68.4. The number of aliphatic carboxylic acids is 1. The molecule has 0 bridgehead atoms. The lowest BCUT2D eigenvalue weighted by atomic mass is 10.0. The van der Waals surface area contributed by atoms with Crippen molar-refractivity contribution < 1.29 is 81.8 Å². The number of carbonyl (C=O) groups is 10. The molecular formula is C60H78N8O17. The molecule has 2 aliphatic heterocycles. The molecule has 85 heavy (non-hydrogen) atoms. The molecule has 2 aromatic carbocycles. The summed E-state index contributed by atoms with van der Waals surface area (Å²) >= 11 is 0. The Morgan fingerprint density at radius 2 is 0.953 bits per heavy atom. The van der Waals surface area contributed by atoms with Crippen LogP contribution in [0.1, 0.15) is 135 Å². The minimum atomic E-state index is -1.28. The molecule has 0 saturated carbocycles. The summed E-state index contributed by atoms with van der Waals surface area (Å²) < 4.78 is 24.1. The number of carbonyl (C=O) groups excluding carboxylic acids is 9. The number of aromatic nitrogens is 2. The van der Waals surface area contributed by atoms with Crippen LogP contribution in [0, 0.1) is 27.7 Å². The molecule has 0 unspecified atom stereocenters. The maximum absolute atomic E-state index is 13.0. The van der Waals surface area contributed by atoms with Gasteiger partial charge >= 0.3 is 35.8 Å². The molecule has 0 saturated heterocycles. The van der Waals surface area contributed by atoms with Crippen LogP contribution in [-0.2, 0) is 57.3 Å². The number of phenolic OH excluding ortho intramolecular Hbond substituents is 1. The first-order valence-electron chi connectivity index (χ1n) is 27.7. The molecule has 4 amide bonds. The number of rotatable bonds is 23. The monoisotopic (exact) mass is 1180 g/mol. The van der Waals surface area contributed by atoms with E-state index in [2.05, 4.69) is 78.2 Å². The summed E-state index contributed by atoms with van der Waals surface area (Å²) in [5, 5.41) is 29.7. The van der Waals surface area contributed by atoms with Gasteiger partial charge in [-0.15, -0.1) is 0 Å². The molecule has 4 aromatic rings. The van der Waals surface area contributed by atoms with Gasteiger partial charge in [0.1, 0.15) is 11.5 Å². The number of hydrogen-bond acceptors (Lipinski definition) is 18. The van der Waals surface area contributed by atoms with Gasteiger partial charge < -0.3 is 74.9 Å². The zero-order valence-electron chi connectivity index (χ0n) is 50.5. The summed E-state index contributed by atoms with van der Waals surface area (Å²) in [6, 6.07) is 9.39. The van der Waals surface area contributed by atoms with Gasteiger partial charge in [-0.1, -0.05) is 27.7 Å². The lowest BCUT2D eigenvalue weighted by Crippen LogP contribution is -2.35. The van der Waals surface area contributed by atoms with E-state index >= 15 is 0 Å². The number of esters is 5. The lowest BCUT2D eigenvalue weighted by molar-refractivity contribution is -0.174. The number of fused-ring (bicyclic) bond motifs is 2. The van der Waals surface area contributed by atoms with E-state index in [0.29, 0.717) is 80.5 Å². The number of carboxylic acids is 1. The largest absolute Gasteiger partial charge is 0.508 e. The fourth-order valence-electron chi connectivity index (χ4n) is 8.84. The molecule has 4 atom stereocenters. The number of hydrogen-bond donors (Lipinski definition) is 8. The van der Waals surface area contributed by atoms with Gasteiger partial charge in [0.05, 0.1) is 22.3 Å². The zero-order chi connectivity index (χ0) is 63.6. The van der Waals surface area contributed by atoms with Gasteiger partial charge in [-0.3, -0.25) is 28.8 Å². The van der Waals surface area contributed by atoms with Crippen LogP contribution >= 0.6 is 0 Å². The predicted molar refractivity (Wildman–Crippen MR) is 315 cm³/mol. The molecule has 25 nitrogen and oxygen atoms in total. The van der Waals surface area contributed by atoms with Crippen LogP contribution in [0.2, 0.25) is 0 Å². The highest BCUT2D eigenvalue weighted by Crippen LogP contribution is 2.38. The minimum Gasteiger partial charge on any atom is -0.508 e. The Morgan fingerprint density at radius 1 is 0.565 bits per heavy atom. The molecule has 2 aromatic heterocycles. The topological polar surface area (TPSA) is 343 Å². The molecule has 8 N–H and O–H groups in total. The van der Waals surface area contributed by atoms with Crippen LogP contribution in [0.3, 0.4) is 0 Å². The Morgan fingerprint density at radius 3 is 1.35 bits per heavy atom. The Hall–Kier alpha value is -9.10. The second kappa shape index (κ2) is 31.5. The first-order chi connectivity index (χ1) is 40.0. The van der Waals surface area contributed by atoms with Crippen LogP contribution in [0.5, 0.6) is 11.5 Å². The number of H-pyrrole nitrogens is 2. The average molecular weight is 1180 g/mol. The van der Waals surface area contributed by atoms with Crippen molar-refractivity contribution in [2.24, 2.45) is 0 Å². The van der Waals surface area contributed by atoms with Gasteiger partial charge in [0.25, 0.3) is 23.6 Å². The molecule has 460 valence electrons. The number of carboxylic acid groups (broad SMARTS) is 1. The van der Waals surface area contributed by atoms with E-state index in [0.717, 1.165) is 64.4 Å². The molecule has 4 heterocycles. The molecular weight excluding hydrogens is 1100 g/mol. The van der Waals surface area contributed by atoms with Crippen LogP contribution < -0.4 is 26.0 Å². The lowest BCUT2D eigenvalue weighted by Gasteiger charge is -2.18. The Bertz CT molecular complexity index is 3220. The number of nitrogens with one attached hydrogen (secondary N) is 6. The molecule has 6 rings (SSSR count). The second-order valence-electron chi connectivity index (χ2n) is 19.8. The number of phenols is 1. The standard InChI is InChI=1S/C30H38N4O8.C22H28N4O3.C8H12O6/c1-8-34(9-2)13-12-31-28(37)26-16(3)25(32-17(26)4)15-23-22-14-21(10-11-24(22)33-27(23)36)42-30(39)19(6)41-29(38)18(5)40-20(7)35;1-5-26(6-2)10-9-23-22(29)20-13(3)19(24-14(20)4)12-17-16-11-15(27)7-8-18(16)25-21(17)28;1-4(7(10)11)14-8(12)5(2)13-6(3)9/h10-11,14-15,18-19,32H,8-9,12-13H2,1-7H3,(H,31,37)(H,33,36);7-8,11-12,24,27H,5-6,9-10H2,1-4H3,(H,23,29)(H,25,28);4-5H,1-3H3,(H,10,11)/b23-15-;17-12-;/t18-,19-;;4-,5+/m0.1/s1. The van der Waals surface area contributed by atoms with E-state index in [1.807, 2.05) is 20.8 Å². The number of nitrogens with zero attached hydrogens (tertiary/aromatic N) is 2. The van der Waals surface area contributed by atoms with Crippen LogP contribution in [0.25, 0.3) is 23.3 Å². The van der Waals surface area contributed by atoms with Crippen molar-refractivity contribution in [1.82, 2.24) is 30.4 Å². The summed E-state index contributed by atoms with van der Waals surface area (Å²) in [7, 11) is 0. The highest BCUT2D eigenvalue weighted by molar-refractivity contribution is 6.35. The van der Waals surface area contributed by atoms with Crippen molar-refractivity contribution in [3.05, 3.63) is 92.6 Å². The van der Waals surface area contributed by atoms with E-state index in [9.17, 15) is 53.1 Å². The third-order valence-corrected chi connectivity index (χ3v) is 13.6. The van der Waals surface area contributed by atoms with E-state index < -0.39 is 60.2 Å². The van der Waals surface area contributed by atoms with E-state index in [4.69, 9.17) is 19.3 Å². The van der Waals surface area contributed by atoms with Crippen LogP contribution in [-0.4, -0.2) is 166 Å². The van der Waals surface area contributed by atoms with Crippen molar-refractivity contribution in [2.75, 3.05) is 63.0 Å². The van der Waals surface area contributed by atoms with E-state index in [-0.39, 0.29) is 35.1 Å². The first-order valence-corrected chi connectivity index (χ1v) is 27.7. The molecule has 0 fully saturated rings. The van der Waals surface area contributed by atoms with E-state index in [1.165, 1.54) is 45.9 Å². The predicted octanol–water partition coefficient (Wildman–Crippen LogP) is 5.84. The van der Waals surface area contributed by atoms with Crippen molar-refractivity contribution in [1.29, 1.82) is 0 Å². The van der Waals surface area contributed by atoms with Crippen molar-refractivity contribution in [3.8, 4) is 11.5 Å². The molecule has 0 radical (unpaired) electrons. The third-order valence-electron chi connectivity index (χ3n) is 13.6. The van der Waals surface area contributed by atoms with E-state index in [1.54, 1.807) is 37.3 Å². The Kier molecular flexibility index (Phi) is 25.4. The highest BCUT2D eigenvalue weighted by atomic mass is 16.6. The van der Waals surface area contributed by atoms with Crippen LogP contribution in [0.15, 0.2) is 36.4 Å². The molecule has 2 aliphatic rings. The van der Waals surface area contributed by atoms with Gasteiger partial charge in [-0.2, -0.15) is 0 Å². The summed E-state index contributed by atoms with van der Waals surface area (Å²) in [5.74, 6) is -5.85. The average Bonchev–Trinajstić information content (AvgIpc) is 2.05. The number of anilines is 2. The number of ether oxygens (including phenoxy) is 5. The van der Waals surface area contributed by atoms with Gasteiger partial charge in [0, 0.05) is 85.3 Å². The normalized spacial score (nSPS) is 14.4. The molecule has 25 heteroatoms. The van der Waals surface area contributed by atoms with Gasteiger partial charge in [-0.05, 0) is 141 Å². The number of aromatic amines is 2. The minimum absolute atomic E-state index is 0.0961. The zero-order valence-corrected chi connectivity index (χ0v) is 50.5. The summed E-state index contributed by atoms with van der Waals surface area (Å²) in [6.07, 6.45) is -1.41. The smallest absolute Gasteiger partial charge is 0.352 e. The highest BCUT2D eigenvalue weighted by Gasteiger charge is 2.30. The summed E-state index contributed by atoms with van der Waals surface area (Å²) in [4.78, 5) is 129. The number of aryl methyl sites for hydroxylation is 2. The summed E-state index contributed by atoms with van der Waals surface area (Å²) in [6.45, 7) is 29.5. The summed E-state index contributed by atoms with van der Waals surface area (Å²) in [5.41, 5.74) is 8.44. The van der Waals surface area contributed by atoms with Crippen molar-refractivity contribution in [3.63, 3.8) is 0 Å². The SMILES string of the molecule is CC(=O)O[C@@H](C)C(=O)O[C@H](C)C(=O)O.CCN(CC)CCNC(=O)c1c(C)[nH]c(/C=C2\C(=O)Nc3ccc(O)cc32)c1C.CCN(CC)CCNC(=O)c1c(C)[nH]c(/C=C2\C(=O)Nc3ccc(OC(=O)[C@H](C)OC(=O)[C@H](C)OC(C)=O)cc32)c1C. The molecule has 0 spiro atoms. The third kappa shape index (κ3) is 19.0. The quantitative estimate of drug-likeness (QED) is 0.0142. The van der Waals surface area contributed by atoms with Gasteiger partial charge in [0.2, 0.25) is 0 Å². The maximum atomic E-state index is 13.0. The number of likely N-dealkylation sites (N-methyl/N-ethyl adjacent to an activating group) is 2. The van der Waals surface area contributed by atoms with Crippen molar-refractivity contribution >= 4 is 94.1 Å². The molecule has 0 aliphatic carbocycles. The van der Waals surface area contributed by atoms with Gasteiger partial charge in [-0.25, -0.2) is 19.2 Å². The number of benzene rings is 2. The fourth-order valence-corrected chi connectivity index (χ4v) is 8.84. The second-order valence-corrected chi connectivity index (χ2v) is 19.8. The Balaban J connectivity index is 0.000000310.